The Hall–Kier alpha value is -0.870. The van der Waals surface area contributed by atoms with E-state index >= 15 is 0 Å². The molecule has 17 heavy (non-hydrogen) atoms. The van der Waals surface area contributed by atoms with Gasteiger partial charge in [-0.25, -0.2) is 0 Å². The van der Waals surface area contributed by atoms with Crippen molar-refractivity contribution < 1.29 is 19.1 Å². The van der Waals surface area contributed by atoms with Gasteiger partial charge in [0.15, 0.2) is 0 Å². The quantitative estimate of drug-likeness (QED) is 0.555. The van der Waals surface area contributed by atoms with Crippen molar-refractivity contribution in [2.75, 3.05) is 5.88 Å². The molecule has 0 saturated heterocycles. The van der Waals surface area contributed by atoms with Gasteiger partial charge in [-0.2, -0.15) is 0 Å². The average Bonchev–Trinajstić information content (AvgIpc) is 2.28. The number of carbonyl (C=O) groups is 1. The van der Waals surface area contributed by atoms with E-state index in [1.165, 1.54) is 0 Å². The van der Waals surface area contributed by atoms with Crippen molar-refractivity contribution in [2.45, 2.75) is 12.2 Å². The van der Waals surface area contributed by atoms with Crippen LogP contribution in [-0.4, -0.2) is 27.4 Å². The Morgan fingerprint density at radius 2 is 1.94 bits per heavy atom. The first-order chi connectivity index (χ1) is 7.93. The highest BCUT2D eigenvalue weighted by molar-refractivity contribution is 7.52. The number of amides is 1. The topological polar surface area (TPSA) is 86.6 Å². The lowest BCUT2D eigenvalue weighted by molar-refractivity contribution is -0.119. The Morgan fingerprint density at radius 1 is 1.35 bits per heavy atom. The molecule has 0 aliphatic heterocycles. The van der Waals surface area contributed by atoms with Gasteiger partial charge in [-0.05, 0) is 5.56 Å². The highest BCUT2D eigenvalue weighted by Crippen LogP contribution is 2.41. The number of benzene rings is 1. The average molecular weight is 278 g/mol. The number of carbonyl (C=O) groups excluding carboxylic acids is 1. The van der Waals surface area contributed by atoms with Crippen LogP contribution in [0.5, 0.6) is 0 Å². The summed E-state index contributed by atoms with van der Waals surface area (Å²) in [5.74, 6) is -2.17. The highest BCUT2D eigenvalue weighted by atomic mass is 35.5. The zero-order valence-corrected chi connectivity index (χ0v) is 10.6. The SMILES string of the molecule is O=C(CCl)NC(Cc1ccccc1)P(=O)(O)O. The summed E-state index contributed by atoms with van der Waals surface area (Å²) in [5.41, 5.74) is 0.732. The Labute approximate surface area is 104 Å². The third-order valence-corrected chi connectivity index (χ3v) is 3.49. The van der Waals surface area contributed by atoms with Crippen molar-refractivity contribution in [2.24, 2.45) is 0 Å². The molecule has 0 aliphatic rings. The van der Waals surface area contributed by atoms with E-state index in [9.17, 15) is 9.36 Å². The van der Waals surface area contributed by atoms with Crippen LogP contribution in [-0.2, 0) is 15.8 Å². The van der Waals surface area contributed by atoms with Crippen LogP contribution < -0.4 is 5.32 Å². The van der Waals surface area contributed by atoms with E-state index in [4.69, 9.17) is 21.4 Å². The fourth-order valence-corrected chi connectivity index (χ4v) is 2.15. The Bertz CT molecular complexity index is 420. The summed E-state index contributed by atoms with van der Waals surface area (Å²) in [6, 6.07) is 8.78. The van der Waals surface area contributed by atoms with E-state index in [-0.39, 0.29) is 12.3 Å². The van der Waals surface area contributed by atoms with Crippen LogP contribution >= 0.6 is 19.2 Å². The minimum Gasteiger partial charge on any atom is -0.341 e. The maximum atomic E-state index is 11.2. The van der Waals surface area contributed by atoms with Gasteiger partial charge < -0.3 is 15.1 Å². The van der Waals surface area contributed by atoms with Crippen LogP contribution in [0.2, 0.25) is 0 Å². The zero-order valence-electron chi connectivity index (χ0n) is 8.91. The first-order valence-electron chi connectivity index (χ1n) is 4.88. The third-order valence-electron chi connectivity index (χ3n) is 2.13. The van der Waals surface area contributed by atoms with Crippen LogP contribution in [0.3, 0.4) is 0 Å². The maximum absolute atomic E-state index is 11.2. The van der Waals surface area contributed by atoms with E-state index in [2.05, 4.69) is 5.32 Å². The molecule has 1 unspecified atom stereocenters. The fraction of sp³-hybridized carbons (Fsp3) is 0.300. The predicted octanol–water partition coefficient (Wildman–Crippen LogP) is 1.09. The lowest BCUT2D eigenvalue weighted by atomic mass is 10.1. The zero-order chi connectivity index (χ0) is 12.9. The number of hydrogen-bond donors (Lipinski definition) is 3. The second-order valence-electron chi connectivity index (χ2n) is 3.50. The van der Waals surface area contributed by atoms with Crippen LogP contribution in [0.25, 0.3) is 0 Å². The maximum Gasteiger partial charge on any atom is 0.347 e. The first kappa shape index (κ1) is 14.2. The van der Waals surface area contributed by atoms with E-state index in [0.717, 1.165) is 5.56 Å². The molecule has 0 fully saturated rings. The number of nitrogens with one attached hydrogen (secondary N) is 1. The first-order valence-corrected chi connectivity index (χ1v) is 7.09. The van der Waals surface area contributed by atoms with Crippen LogP contribution in [0.4, 0.5) is 0 Å². The van der Waals surface area contributed by atoms with Gasteiger partial charge >= 0.3 is 7.60 Å². The highest BCUT2D eigenvalue weighted by Gasteiger charge is 2.30. The van der Waals surface area contributed by atoms with Gasteiger partial charge in [-0.15, -0.1) is 11.6 Å². The molecule has 0 spiro atoms. The van der Waals surface area contributed by atoms with Crippen molar-refractivity contribution >= 4 is 25.1 Å². The summed E-state index contributed by atoms with van der Waals surface area (Å²) in [4.78, 5) is 29.3. The lowest BCUT2D eigenvalue weighted by Crippen LogP contribution is -2.37. The molecule has 0 bridgehead atoms. The molecular weight excluding hydrogens is 265 g/mol. The summed E-state index contributed by atoms with van der Waals surface area (Å²) in [6.07, 6.45) is 0.0632. The molecule has 1 aromatic carbocycles. The van der Waals surface area contributed by atoms with Gasteiger partial charge in [0, 0.05) is 6.42 Å². The summed E-state index contributed by atoms with van der Waals surface area (Å²) >= 11 is 5.28. The standard InChI is InChI=1S/C10H13ClNO4P/c11-7-9(13)12-10(17(14,15)16)6-8-4-2-1-3-5-8/h1-5,10H,6-7H2,(H,12,13)(H2,14,15,16). The Kier molecular flexibility index (Phi) is 5.15. The van der Waals surface area contributed by atoms with E-state index in [1.807, 2.05) is 0 Å². The van der Waals surface area contributed by atoms with E-state index in [1.54, 1.807) is 30.3 Å². The molecule has 0 saturated carbocycles. The summed E-state index contributed by atoms with van der Waals surface area (Å²) in [5, 5.41) is 2.22. The van der Waals surface area contributed by atoms with Crippen molar-refractivity contribution in [3.63, 3.8) is 0 Å². The molecule has 0 aliphatic carbocycles. The smallest absolute Gasteiger partial charge is 0.341 e. The molecule has 1 atom stereocenters. The predicted molar refractivity (Wildman–Crippen MR) is 64.8 cm³/mol. The normalized spacial score (nSPS) is 13.1. The molecule has 0 aromatic heterocycles. The van der Waals surface area contributed by atoms with E-state index < -0.39 is 19.3 Å². The van der Waals surface area contributed by atoms with Gasteiger partial charge in [-0.3, -0.25) is 9.36 Å². The molecule has 0 heterocycles. The molecule has 1 rings (SSSR count). The Balaban J connectivity index is 2.78. The second-order valence-corrected chi connectivity index (χ2v) is 5.56. The second kappa shape index (κ2) is 6.17. The Morgan fingerprint density at radius 3 is 2.41 bits per heavy atom. The van der Waals surface area contributed by atoms with Gasteiger partial charge in [0.05, 0.1) is 0 Å². The molecule has 7 heteroatoms. The molecule has 1 amide bonds. The number of rotatable bonds is 5. The van der Waals surface area contributed by atoms with Gasteiger partial charge in [0.25, 0.3) is 0 Å². The van der Waals surface area contributed by atoms with E-state index in [0.29, 0.717) is 0 Å². The molecule has 5 nitrogen and oxygen atoms in total. The fourth-order valence-electron chi connectivity index (χ4n) is 1.32. The minimum atomic E-state index is -4.40. The van der Waals surface area contributed by atoms with Gasteiger partial charge in [-0.1, -0.05) is 30.3 Å². The molecular formula is C10H13ClNO4P. The van der Waals surface area contributed by atoms with Crippen molar-refractivity contribution in [3.8, 4) is 0 Å². The number of alkyl halides is 1. The third kappa shape index (κ3) is 4.88. The lowest BCUT2D eigenvalue weighted by Gasteiger charge is -2.19. The van der Waals surface area contributed by atoms with Crippen LogP contribution in [0.1, 0.15) is 5.56 Å². The molecule has 94 valence electrons. The molecule has 0 radical (unpaired) electrons. The van der Waals surface area contributed by atoms with Crippen LogP contribution in [0, 0.1) is 0 Å². The number of halogens is 1. The summed E-state index contributed by atoms with van der Waals surface area (Å²) in [6.45, 7) is 0. The summed E-state index contributed by atoms with van der Waals surface area (Å²) in [7, 11) is -4.40. The van der Waals surface area contributed by atoms with Gasteiger partial charge in [0.2, 0.25) is 5.91 Å². The molecule has 1 aromatic rings. The largest absolute Gasteiger partial charge is 0.347 e. The van der Waals surface area contributed by atoms with Crippen molar-refractivity contribution in [1.82, 2.24) is 5.32 Å². The van der Waals surface area contributed by atoms with Crippen LogP contribution in [0.15, 0.2) is 30.3 Å². The van der Waals surface area contributed by atoms with Crippen molar-refractivity contribution in [3.05, 3.63) is 35.9 Å². The van der Waals surface area contributed by atoms with Crippen molar-refractivity contribution in [1.29, 1.82) is 0 Å². The monoisotopic (exact) mass is 277 g/mol. The molecule has 3 N–H and O–H groups in total. The minimum absolute atomic E-state index is 0.0632. The van der Waals surface area contributed by atoms with Gasteiger partial charge in [0.1, 0.15) is 11.7 Å². The summed E-state index contributed by atoms with van der Waals surface area (Å²) < 4.78 is 11.2. The number of hydrogen-bond acceptors (Lipinski definition) is 2.